The molecule has 0 amide bonds. The SMILES string of the molecule is COC(=O)c1cc(N(CC(=O)O)CC2CC2)ccn1. The minimum absolute atomic E-state index is 0.0822. The fourth-order valence-corrected chi connectivity index (χ4v) is 1.87. The van der Waals surface area contributed by atoms with Gasteiger partial charge in [-0.3, -0.25) is 4.79 Å². The van der Waals surface area contributed by atoms with Crippen molar-refractivity contribution in [2.45, 2.75) is 12.8 Å². The average molecular weight is 264 g/mol. The fraction of sp³-hybridized carbons (Fsp3) is 0.462. The van der Waals surface area contributed by atoms with Crippen LogP contribution in [0.4, 0.5) is 5.69 Å². The van der Waals surface area contributed by atoms with E-state index in [9.17, 15) is 9.59 Å². The Morgan fingerprint density at radius 1 is 1.53 bits per heavy atom. The molecule has 0 bridgehead atoms. The molecule has 1 aromatic rings. The van der Waals surface area contributed by atoms with Crippen molar-refractivity contribution in [3.63, 3.8) is 0 Å². The third-order valence-corrected chi connectivity index (χ3v) is 3.00. The lowest BCUT2D eigenvalue weighted by Crippen LogP contribution is -2.31. The first-order valence-corrected chi connectivity index (χ1v) is 6.11. The number of carbonyl (C=O) groups excluding carboxylic acids is 1. The molecular formula is C13H16N2O4. The van der Waals surface area contributed by atoms with E-state index in [1.54, 1.807) is 17.0 Å². The van der Waals surface area contributed by atoms with E-state index in [1.165, 1.54) is 13.3 Å². The number of nitrogens with zero attached hydrogens (tertiary/aromatic N) is 2. The standard InChI is InChI=1S/C13H16N2O4/c1-19-13(18)11-6-10(4-5-14-11)15(8-12(16)17)7-9-2-3-9/h4-6,9H,2-3,7-8H2,1H3,(H,16,17). The summed E-state index contributed by atoms with van der Waals surface area (Å²) >= 11 is 0. The third kappa shape index (κ3) is 3.67. The lowest BCUT2D eigenvalue weighted by atomic mass is 10.2. The molecule has 0 aliphatic heterocycles. The smallest absolute Gasteiger partial charge is 0.356 e. The van der Waals surface area contributed by atoms with Crippen LogP contribution in [0.3, 0.4) is 0 Å². The van der Waals surface area contributed by atoms with Gasteiger partial charge in [-0.15, -0.1) is 0 Å². The van der Waals surface area contributed by atoms with E-state index in [0.717, 1.165) is 12.8 Å². The van der Waals surface area contributed by atoms with Crippen molar-refractivity contribution < 1.29 is 19.4 Å². The van der Waals surface area contributed by atoms with Crippen LogP contribution in [0.5, 0.6) is 0 Å². The highest BCUT2D eigenvalue weighted by Gasteiger charge is 2.26. The maximum atomic E-state index is 11.4. The fourth-order valence-electron chi connectivity index (χ4n) is 1.87. The number of carboxylic acid groups (broad SMARTS) is 1. The van der Waals surface area contributed by atoms with Crippen LogP contribution in [0.1, 0.15) is 23.3 Å². The van der Waals surface area contributed by atoms with E-state index in [0.29, 0.717) is 18.2 Å². The first-order valence-electron chi connectivity index (χ1n) is 6.11. The summed E-state index contributed by atoms with van der Waals surface area (Å²) in [6.07, 6.45) is 3.75. The van der Waals surface area contributed by atoms with Crippen LogP contribution in [-0.2, 0) is 9.53 Å². The molecule has 1 saturated carbocycles. The molecule has 2 rings (SSSR count). The molecule has 1 heterocycles. The van der Waals surface area contributed by atoms with Crippen LogP contribution in [0.2, 0.25) is 0 Å². The van der Waals surface area contributed by atoms with E-state index in [2.05, 4.69) is 9.72 Å². The second-order valence-electron chi connectivity index (χ2n) is 4.61. The number of esters is 1. The predicted molar refractivity (Wildman–Crippen MR) is 68.1 cm³/mol. The quantitative estimate of drug-likeness (QED) is 0.777. The maximum Gasteiger partial charge on any atom is 0.356 e. The Morgan fingerprint density at radius 2 is 2.26 bits per heavy atom. The van der Waals surface area contributed by atoms with Gasteiger partial charge in [0.15, 0.2) is 0 Å². The molecule has 1 aliphatic rings. The lowest BCUT2D eigenvalue weighted by molar-refractivity contribution is -0.135. The molecule has 102 valence electrons. The van der Waals surface area contributed by atoms with Gasteiger partial charge in [0.2, 0.25) is 0 Å². The number of aliphatic carboxylic acids is 1. The highest BCUT2D eigenvalue weighted by atomic mass is 16.5. The number of aromatic nitrogens is 1. The zero-order valence-corrected chi connectivity index (χ0v) is 10.7. The van der Waals surface area contributed by atoms with Crippen molar-refractivity contribution in [1.82, 2.24) is 4.98 Å². The van der Waals surface area contributed by atoms with Crippen LogP contribution >= 0.6 is 0 Å². The van der Waals surface area contributed by atoms with Crippen LogP contribution in [-0.4, -0.2) is 42.2 Å². The second-order valence-corrected chi connectivity index (χ2v) is 4.61. The van der Waals surface area contributed by atoms with Crippen molar-refractivity contribution in [1.29, 1.82) is 0 Å². The van der Waals surface area contributed by atoms with Gasteiger partial charge >= 0.3 is 11.9 Å². The molecule has 0 atom stereocenters. The van der Waals surface area contributed by atoms with Gasteiger partial charge in [0.1, 0.15) is 12.2 Å². The minimum atomic E-state index is -0.892. The summed E-state index contributed by atoms with van der Waals surface area (Å²) < 4.78 is 4.61. The van der Waals surface area contributed by atoms with Gasteiger partial charge < -0.3 is 14.7 Å². The van der Waals surface area contributed by atoms with Crippen molar-refractivity contribution in [2.75, 3.05) is 25.1 Å². The number of methoxy groups -OCH3 is 1. The van der Waals surface area contributed by atoms with Crippen molar-refractivity contribution in [3.05, 3.63) is 24.0 Å². The molecule has 0 aromatic carbocycles. The van der Waals surface area contributed by atoms with Gasteiger partial charge in [-0.1, -0.05) is 0 Å². The number of hydrogen-bond donors (Lipinski definition) is 1. The van der Waals surface area contributed by atoms with E-state index < -0.39 is 11.9 Å². The molecule has 0 saturated heterocycles. The van der Waals surface area contributed by atoms with Crippen LogP contribution in [0.25, 0.3) is 0 Å². The van der Waals surface area contributed by atoms with Crippen molar-refractivity contribution in [2.24, 2.45) is 5.92 Å². The van der Waals surface area contributed by atoms with Gasteiger partial charge in [-0.2, -0.15) is 0 Å². The Morgan fingerprint density at radius 3 is 2.84 bits per heavy atom. The number of hydrogen-bond acceptors (Lipinski definition) is 5. The molecule has 0 spiro atoms. The highest BCUT2D eigenvalue weighted by Crippen LogP contribution is 2.31. The van der Waals surface area contributed by atoms with Gasteiger partial charge in [0.05, 0.1) is 7.11 Å². The summed E-state index contributed by atoms with van der Waals surface area (Å²) in [4.78, 5) is 28.0. The van der Waals surface area contributed by atoms with Crippen LogP contribution < -0.4 is 4.90 Å². The highest BCUT2D eigenvalue weighted by molar-refractivity contribution is 5.88. The monoisotopic (exact) mass is 264 g/mol. The van der Waals surface area contributed by atoms with E-state index in [1.807, 2.05) is 0 Å². The van der Waals surface area contributed by atoms with Gasteiger partial charge in [-0.05, 0) is 30.9 Å². The molecular weight excluding hydrogens is 248 g/mol. The van der Waals surface area contributed by atoms with Crippen molar-refractivity contribution >= 4 is 17.6 Å². The van der Waals surface area contributed by atoms with Gasteiger partial charge in [-0.25, -0.2) is 9.78 Å². The van der Waals surface area contributed by atoms with E-state index in [4.69, 9.17) is 5.11 Å². The number of ether oxygens (including phenoxy) is 1. The number of carbonyl (C=O) groups is 2. The first kappa shape index (κ1) is 13.3. The largest absolute Gasteiger partial charge is 0.480 e. The van der Waals surface area contributed by atoms with Crippen LogP contribution in [0.15, 0.2) is 18.3 Å². The summed E-state index contributed by atoms with van der Waals surface area (Å²) in [5.74, 6) is -0.866. The van der Waals surface area contributed by atoms with E-state index in [-0.39, 0.29) is 12.2 Å². The average Bonchev–Trinajstić information content (AvgIpc) is 3.20. The van der Waals surface area contributed by atoms with Crippen LogP contribution in [0, 0.1) is 5.92 Å². The number of carboxylic acids is 1. The molecule has 1 aromatic heterocycles. The third-order valence-electron chi connectivity index (χ3n) is 3.00. The summed E-state index contributed by atoms with van der Waals surface area (Å²) in [5, 5.41) is 8.95. The summed E-state index contributed by atoms with van der Waals surface area (Å²) in [6, 6.07) is 3.27. The molecule has 1 aliphatic carbocycles. The lowest BCUT2D eigenvalue weighted by Gasteiger charge is -2.22. The molecule has 6 nitrogen and oxygen atoms in total. The molecule has 1 fully saturated rings. The number of anilines is 1. The summed E-state index contributed by atoms with van der Waals surface area (Å²) in [6.45, 7) is 0.609. The molecule has 0 unspecified atom stereocenters. The summed E-state index contributed by atoms with van der Waals surface area (Å²) in [7, 11) is 1.29. The maximum absolute atomic E-state index is 11.4. The Bertz CT molecular complexity index is 485. The predicted octanol–water partition coefficient (Wildman–Crippen LogP) is 1.17. The molecule has 1 N–H and O–H groups in total. The number of pyridine rings is 1. The minimum Gasteiger partial charge on any atom is -0.480 e. The zero-order chi connectivity index (χ0) is 13.8. The Kier molecular flexibility index (Phi) is 3.99. The molecule has 0 radical (unpaired) electrons. The molecule has 19 heavy (non-hydrogen) atoms. The first-order chi connectivity index (χ1) is 9.10. The second kappa shape index (κ2) is 5.69. The molecule has 6 heteroatoms. The van der Waals surface area contributed by atoms with E-state index >= 15 is 0 Å². The number of rotatable bonds is 6. The Balaban J connectivity index is 2.19. The van der Waals surface area contributed by atoms with Gasteiger partial charge in [0, 0.05) is 18.4 Å². The topological polar surface area (TPSA) is 79.7 Å². The zero-order valence-electron chi connectivity index (χ0n) is 10.7. The summed E-state index contributed by atoms with van der Waals surface area (Å²) in [5.41, 5.74) is 0.871. The normalized spacial score (nSPS) is 13.9. The van der Waals surface area contributed by atoms with Crippen molar-refractivity contribution in [3.8, 4) is 0 Å². The Hall–Kier alpha value is -2.11. The Labute approximate surface area is 111 Å². The van der Waals surface area contributed by atoms with Gasteiger partial charge in [0.25, 0.3) is 0 Å².